The first-order valence-electron chi connectivity index (χ1n) is 17.4. The van der Waals surface area contributed by atoms with Gasteiger partial charge in [-0.2, -0.15) is 0 Å². The largest absolute Gasteiger partial charge is 0.458 e. The topological polar surface area (TPSA) is 23.4 Å². The summed E-state index contributed by atoms with van der Waals surface area (Å²) in [5.41, 5.74) is 3.52. The molecule has 4 heteroatoms. The van der Waals surface area contributed by atoms with Crippen molar-refractivity contribution in [2.24, 2.45) is 0 Å². The highest BCUT2D eigenvalue weighted by Crippen LogP contribution is 2.45. The second-order valence-electron chi connectivity index (χ2n) is 13.3. The van der Waals surface area contributed by atoms with Crippen LogP contribution >= 0.6 is 0 Å². The summed E-state index contributed by atoms with van der Waals surface area (Å²) >= 11 is 0. The molecule has 6 aromatic rings. The van der Waals surface area contributed by atoms with Crippen molar-refractivity contribution >= 4 is 44.9 Å². The molecule has 0 saturated carbocycles. The van der Waals surface area contributed by atoms with Crippen LogP contribution in [0.15, 0.2) is 96.9 Å². The molecule has 42 heavy (non-hydrogen) atoms. The number of ether oxygens (including phenoxy) is 2. The molecule has 8 rings (SSSR count). The summed E-state index contributed by atoms with van der Waals surface area (Å²) in [5.74, 6) is 1.06. The van der Waals surface area contributed by atoms with E-state index < -0.39 is 17.5 Å². The molecule has 0 spiro atoms. The molecule has 0 radical (unpaired) electrons. The summed E-state index contributed by atoms with van der Waals surface area (Å²) < 4.78 is 71.4. The smallest absolute Gasteiger partial charge is 0.260 e. The number of para-hydroxylation sites is 2. The first kappa shape index (κ1) is 19.6. The van der Waals surface area contributed by atoms with Gasteiger partial charge < -0.3 is 14.0 Å². The van der Waals surface area contributed by atoms with Gasteiger partial charge in [0.25, 0.3) is 6.71 Å². The van der Waals surface area contributed by atoms with Crippen LogP contribution in [0.3, 0.4) is 0 Å². The van der Waals surface area contributed by atoms with E-state index in [-0.39, 0.29) is 47.8 Å². The Bertz CT molecular complexity index is 2360. The molecule has 0 fully saturated rings. The van der Waals surface area contributed by atoms with Gasteiger partial charge in [0.2, 0.25) is 0 Å². The summed E-state index contributed by atoms with van der Waals surface area (Å²) in [5, 5.41) is 1.78. The molecular formula is C38H34BNO2. The molecule has 0 aliphatic carbocycles. The number of fused-ring (bicyclic) bond motifs is 8. The van der Waals surface area contributed by atoms with Gasteiger partial charge in [0.05, 0.1) is 19.3 Å². The molecule has 2 aliphatic heterocycles. The lowest BCUT2D eigenvalue weighted by Crippen LogP contribution is -2.58. The lowest BCUT2D eigenvalue weighted by atomic mass is 9.34. The van der Waals surface area contributed by atoms with Gasteiger partial charge in [-0.1, -0.05) is 102 Å². The van der Waals surface area contributed by atoms with Crippen molar-refractivity contribution < 1.29 is 17.7 Å². The first-order valence-corrected chi connectivity index (χ1v) is 14.4. The lowest BCUT2D eigenvalue weighted by molar-refractivity contribution is 0.466. The Hall–Kier alpha value is -4.44. The van der Waals surface area contributed by atoms with Crippen LogP contribution in [0.5, 0.6) is 23.0 Å². The summed E-state index contributed by atoms with van der Waals surface area (Å²) in [4.78, 5) is 0. The number of aromatic nitrogens is 1. The average Bonchev–Trinajstić information content (AvgIpc) is 3.35. The fourth-order valence-electron chi connectivity index (χ4n) is 6.17. The van der Waals surface area contributed by atoms with Crippen LogP contribution < -0.4 is 25.9 Å². The van der Waals surface area contributed by atoms with E-state index in [1.54, 1.807) is 0 Å². The maximum Gasteiger partial charge on any atom is 0.260 e. The van der Waals surface area contributed by atoms with Crippen LogP contribution in [-0.2, 0) is 10.8 Å². The maximum absolute atomic E-state index is 9.62. The monoisotopic (exact) mass is 553 g/mol. The lowest BCUT2D eigenvalue weighted by Gasteiger charge is -2.35. The second-order valence-corrected chi connectivity index (χ2v) is 13.3. The van der Waals surface area contributed by atoms with Crippen LogP contribution in [0.25, 0.3) is 27.5 Å². The van der Waals surface area contributed by atoms with E-state index in [1.165, 1.54) is 0 Å². The molecule has 0 N–H and O–H groups in total. The Morgan fingerprint density at radius 2 is 1.26 bits per heavy atom. The molecule has 3 heterocycles. The van der Waals surface area contributed by atoms with Crippen LogP contribution in [0.2, 0.25) is 0 Å². The van der Waals surface area contributed by atoms with Crippen molar-refractivity contribution in [1.29, 1.82) is 0 Å². The van der Waals surface area contributed by atoms with Gasteiger partial charge in [-0.25, -0.2) is 0 Å². The summed E-state index contributed by atoms with van der Waals surface area (Å²) in [6.45, 7) is 10.7. The summed E-state index contributed by atoms with van der Waals surface area (Å²) in [6.07, 6.45) is 0. The Morgan fingerprint density at radius 3 is 1.90 bits per heavy atom. The molecule has 5 aromatic carbocycles. The fourth-order valence-corrected chi connectivity index (χ4v) is 6.17. The number of hydrogen-bond donors (Lipinski definition) is 0. The summed E-state index contributed by atoms with van der Waals surface area (Å²) in [6, 6.07) is 19.7. The van der Waals surface area contributed by atoms with E-state index >= 15 is 0 Å². The van der Waals surface area contributed by atoms with Crippen molar-refractivity contribution in [3.05, 3.63) is 108 Å². The molecule has 0 bridgehead atoms. The minimum atomic E-state index is -0.814. The van der Waals surface area contributed by atoms with Gasteiger partial charge in [0.15, 0.2) is 5.75 Å². The normalized spacial score (nSPS) is 15.8. The number of benzene rings is 5. The molecule has 0 unspecified atom stereocenters. The van der Waals surface area contributed by atoms with Crippen LogP contribution in [-0.4, -0.2) is 11.3 Å². The minimum absolute atomic E-state index is 0.0619. The van der Waals surface area contributed by atoms with E-state index in [9.17, 15) is 5.48 Å². The average molecular weight is 554 g/mol. The molecule has 0 amide bonds. The van der Waals surface area contributed by atoms with Gasteiger partial charge in [0.1, 0.15) is 17.2 Å². The first-order chi connectivity index (χ1) is 22.6. The zero-order valence-electron chi connectivity index (χ0n) is 30.6. The molecule has 3 nitrogen and oxygen atoms in total. The van der Waals surface area contributed by atoms with Crippen LogP contribution in [0.1, 0.15) is 60.9 Å². The SMILES string of the molecule is [2H]c1c([2H])c(C(C)(C)C)c([2H])c2c1Oc1cc3c4ccccc4n(-c4ccccc4)c3c3c1B2c1c([2H])c(C(C)(C)C)c([2H])c([2H])c1O3. The number of hydrogen-bond acceptors (Lipinski definition) is 2. The van der Waals surface area contributed by atoms with Crippen molar-refractivity contribution in [3.63, 3.8) is 0 Å². The molecule has 0 saturated heterocycles. The van der Waals surface area contributed by atoms with E-state index in [4.69, 9.17) is 12.2 Å². The predicted octanol–water partition coefficient (Wildman–Crippen LogP) is 8.11. The molecular weight excluding hydrogens is 513 g/mol. The third kappa shape index (κ3) is 3.61. The maximum atomic E-state index is 9.62. The highest BCUT2D eigenvalue weighted by Gasteiger charge is 2.43. The quantitative estimate of drug-likeness (QED) is 0.192. The zero-order chi connectivity index (χ0) is 34.2. The zero-order valence-corrected chi connectivity index (χ0v) is 24.6. The molecule has 1 aromatic heterocycles. The second kappa shape index (κ2) is 8.55. The minimum Gasteiger partial charge on any atom is -0.458 e. The van der Waals surface area contributed by atoms with E-state index in [0.29, 0.717) is 39.0 Å². The molecule has 0 atom stereocenters. The Kier molecular flexibility index (Phi) is 4.00. The van der Waals surface area contributed by atoms with Gasteiger partial charge in [-0.05, 0) is 69.2 Å². The molecule has 2 aliphatic rings. The van der Waals surface area contributed by atoms with E-state index in [1.807, 2.05) is 102 Å². The number of nitrogens with zero attached hydrogens (tertiary/aromatic N) is 1. The highest BCUT2D eigenvalue weighted by atomic mass is 16.5. The van der Waals surface area contributed by atoms with E-state index in [2.05, 4.69) is 4.57 Å². The van der Waals surface area contributed by atoms with Crippen molar-refractivity contribution in [2.75, 3.05) is 0 Å². The van der Waals surface area contributed by atoms with Gasteiger partial charge in [-0.3, -0.25) is 0 Å². The highest BCUT2D eigenvalue weighted by molar-refractivity contribution is 6.98. The van der Waals surface area contributed by atoms with Crippen molar-refractivity contribution in [1.82, 2.24) is 4.57 Å². The van der Waals surface area contributed by atoms with Gasteiger partial charge in [-0.15, -0.1) is 0 Å². The third-order valence-corrected chi connectivity index (χ3v) is 8.32. The fraction of sp³-hybridized carbons (Fsp3) is 0.211. The van der Waals surface area contributed by atoms with Crippen LogP contribution in [0.4, 0.5) is 0 Å². The van der Waals surface area contributed by atoms with Gasteiger partial charge in [0, 0.05) is 21.9 Å². The Morgan fingerprint density at radius 1 is 0.667 bits per heavy atom. The van der Waals surface area contributed by atoms with Crippen molar-refractivity contribution in [2.45, 2.75) is 52.4 Å². The Balaban J connectivity index is 1.61. The molecule has 206 valence electrons. The number of rotatable bonds is 1. The third-order valence-electron chi connectivity index (χ3n) is 8.32. The van der Waals surface area contributed by atoms with Gasteiger partial charge >= 0.3 is 0 Å². The standard InChI is InChI=1S/C38H34BNO2/c1-37(2,3)23-16-18-31-28(20-23)39-29-21-24(38(4,5)6)17-19-32(29)42-36-34(39)33(41-31)22-27-26-14-10-11-15-30(26)40(35(27)36)25-12-8-7-9-13-25/h7-22H,1-6H3/i16D,17D,18D,19D,20D,21D. The van der Waals surface area contributed by atoms with Crippen LogP contribution in [0, 0.1) is 0 Å². The van der Waals surface area contributed by atoms with Crippen molar-refractivity contribution in [3.8, 4) is 28.7 Å². The summed E-state index contributed by atoms with van der Waals surface area (Å²) in [7, 11) is 0. The predicted molar refractivity (Wildman–Crippen MR) is 176 cm³/mol. The Labute approximate surface area is 256 Å². The van der Waals surface area contributed by atoms with E-state index in [0.717, 1.165) is 27.5 Å².